The number of carboxylic acids is 1. The van der Waals surface area contributed by atoms with E-state index < -0.39 is 17.6 Å². The Morgan fingerprint density at radius 3 is 2.51 bits per heavy atom. The lowest BCUT2D eigenvalue weighted by molar-refractivity contribution is 0.0697. The summed E-state index contributed by atoms with van der Waals surface area (Å²) in [5.41, 5.74) is 2.83. The molecule has 2 N–H and O–H groups in total. The second-order valence-corrected chi connectivity index (χ2v) is 8.98. The average Bonchev–Trinajstić information content (AvgIpc) is 3.37. The first-order valence-electron chi connectivity index (χ1n) is 11.8. The molecule has 1 fully saturated rings. The predicted molar refractivity (Wildman–Crippen MR) is 133 cm³/mol. The summed E-state index contributed by atoms with van der Waals surface area (Å²) in [5, 5.41) is 18.6. The van der Waals surface area contributed by atoms with Crippen molar-refractivity contribution in [1.29, 1.82) is 0 Å². The van der Waals surface area contributed by atoms with Gasteiger partial charge in [0.1, 0.15) is 5.75 Å². The third-order valence-corrected chi connectivity index (χ3v) is 6.69. The van der Waals surface area contributed by atoms with E-state index in [1.54, 1.807) is 24.4 Å². The number of fused-ring (bicyclic) bond motifs is 2. The molecule has 0 atom stereocenters. The SMILES string of the molecule is O=C(O)c1ccc(Oc2nc(C3CCOCC3)c(-c3ccc(F)c(F)c3)c3cc4cn[nH]c4cc23)cc1. The zero-order valence-corrected chi connectivity index (χ0v) is 19.5. The molecular formula is C28H21F2N3O4. The van der Waals surface area contributed by atoms with E-state index in [1.165, 1.54) is 18.2 Å². The van der Waals surface area contributed by atoms with E-state index >= 15 is 0 Å². The highest BCUT2D eigenvalue weighted by Gasteiger charge is 2.26. The van der Waals surface area contributed by atoms with Gasteiger partial charge in [-0.1, -0.05) is 6.07 Å². The number of carbonyl (C=O) groups is 1. The minimum Gasteiger partial charge on any atom is -0.478 e. The number of H-pyrrole nitrogens is 1. The van der Waals surface area contributed by atoms with Crippen molar-refractivity contribution in [1.82, 2.24) is 15.2 Å². The lowest BCUT2D eigenvalue weighted by atomic mass is 9.87. The number of ether oxygens (including phenoxy) is 2. The molecule has 2 aromatic heterocycles. The fourth-order valence-electron chi connectivity index (χ4n) is 4.82. The Balaban J connectivity index is 1.61. The van der Waals surface area contributed by atoms with Gasteiger partial charge in [0, 0.05) is 35.5 Å². The highest BCUT2D eigenvalue weighted by atomic mass is 19.2. The van der Waals surface area contributed by atoms with Crippen molar-refractivity contribution >= 4 is 27.6 Å². The first-order valence-corrected chi connectivity index (χ1v) is 11.8. The summed E-state index contributed by atoms with van der Waals surface area (Å²) < 4.78 is 40.0. The highest BCUT2D eigenvalue weighted by Crippen LogP contribution is 2.43. The number of hydrogen-bond donors (Lipinski definition) is 2. The zero-order valence-electron chi connectivity index (χ0n) is 19.5. The topological polar surface area (TPSA) is 97.3 Å². The Morgan fingerprint density at radius 1 is 1.00 bits per heavy atom. The van der Waals surface area contributed by atoms with Crippen molar-refractivity contribution in [3.8, 4) is 22.8 Å². The average molecular weight is 501 g/mol. The Kier molecular flexibility index (Phi) is 5.77. The molecule has 0 spiro atoms. The maximum Gasteiger partial charge on any atom is 0.335 e. The van der Waals surface area contributed by atoms with E-state index in [9.17, 15) is 18.7 Å². The van der Waals surface area contributed by atoms with Gasteiger partial charge in [-0.3, -0.25) is 5.10 Å². The van der Waals surface area contributed by atoms with Crippen LogP contribution in [0.5, 0.6) is 11.6 Å². The second-order valence-electron chi connectivity index (χ2n) is 8.98. The van der Waals surface area contributed by atoms with Crippen LogP contribution in [0.2, 0.25) is 0 Å². The Morgan fingerprint density at radius 2 is 1.78 bits per heavy atom. The number of aromatic nitrogens is 3. The quantitative estimate of drug-likeness (QED) is 0.288. The molecule has 3 heterocycles. The first-order chi connectivity index (χ1) is 18.0. The summed E-state index contributed by atoms with van der Waals surface area (Å²) in [6.45, 7) is 1.13. The van der Waals surface area contributed by atoms with E-state index in [0.29, 0.717) is 47.1 Å². The Hall–Kier alpha value is -4.37. The molecule has 186 valence electrons. The monoisotopic (exact) mass is 501 g/mol. The minimum absolute atomic E-state index is 0.0121. The van der Waals surface area contributed by atoms with E-state index in [4.69, 9.17) is 14.5 Å². The van der Waals surface area contributed by atoms with E-state index in [1.807, 2.05) is 12.1 Å². The van der Waals surface area contributed by atoms with Gasteiger partial charge in [0.25, 0.3) is 0 Å². The first kappa shape index (κ1) is 23.1. The van der Waals surface area contributed by atoms with Crippen molar-refractivity contribution in [3.63, 3.8) is 0 Å². The van der Waals surface area contributed by atoms with Crippen LogP contribution in [0.3, 0.4) is 0 Å². The lowest BCUT2D eigenvalue weighted by Gasteiger charge is -2.26. The van der Waals surface area contributed by atoms with Gasteiger partial charge in [-0.2, -0.15) is 5.10 Å². The maximum absolute atomic E-state index is 14.4. The Labute approximate surface area is 209 Å². The lowest BCUT2D eigenvalue weighted by Crippen LogP contribution is -2.16. The summed E-state index contributed by atoms with van der Waals surface area (Å²) in [7, 11) is 0. The standard InChI is InChI=1S/C28H21F2N3O4/c29-22-6-3-17(12-23(22)30)25-20-11-18-14-31-33-24(18)13-21(20)27(32-26(25)15-7-9-36-10-8-15)37-19-4-1-16(2-5-19)28(34)35/h1-6,11-15H,7-10H2,(H,31,33)(H,34,35). The molecule has 0 bridgehead atoms. The van der Waals surface area contributed by atoms with Crippen LogP contribution in [0.4, 0.5) is 8.78 Å². The second kappa shape index (κ2) is 9.25. The summed E-state index contributed by atoms with van der Waals surface area (Å²) in [6.07, 6.45) is 3.13. The summed E-state index contributed by atoms with van der Waals surface area (Å²) in [5.74, 6) is -2.14. The van der Waals surface area contributed by atoms with Gasteiger partial charge in [-0.25, -0.2) is 18.6 Å². The highest BCUT2D eigenvalue weighted by molar-refractivity contribution is 6.06. The number of hydrogen-bond acceptors (Lipinski definition) is 5. The fraction of sp³-hybridized carbons (Fsp3) is 0.179. The van der Waals surface area contributed by atoms with Gasteiger partial charge >= 0.3 is 5.97 Å². The molecule has 1 aliphatic rings. The zero-order chi connectivity index (χ0) is 25.5. The molecule has 6 rings (SSSR count). The molecule has 37 heavy (non-hydrogen) atoms. The summed E-state index contributed by atoms with van der Waals surface area (Å²) >= 11 is 0. The molecule has 9 heteroatoms. The molecule has 0 amide bonds. The van der Waals surface area contributed by atoms with Crippen LogP contribution < -0.4 is 4.74 Å². The molecule has 0 unspecified atom stereocenters. The maximum atomic E-state index is 14.4. The van der Waals surface area contributed by atoms with Crippen LogP contribution in [0.1, 0.15) is 34.8 Å². The molecule has 5 aromatic rings. The van der Waals surface area contributed by atoms with Crippen LogP contribution in [0, 0.1) is 11.6 Å². The number of halogens is 2. The smallest absolute Gasteiger partial charge is 0.335 e. The molecule has 3 aromatic carbocycles. The van der Waals surface area contributed by atoms with Gasteiger partial charge in [0.2, 0.25) is 5.88 Å². The Bertz CT molecular complexity index is 1640. The number of nitrogens with one attached hydrogen (secondary N) is 1. The van der Waals surface area contributed by atoms with E-state index in [-0.39, 0.29) is 11.5 Å². The van der Waals surface area contributed by atoms with Crippen molar-refractivity contribution in [2.75, 3.05) is 13.2 Å². The molecule has 0 aliphatic carbocycles. The van der Waals surface area contributed by atoms with Gasteiger partial charge < -0.3 is 14.6 Å². The van der Waals surface area contributed by atoms with Crippen molar-refractivity contribution < 1.29 is 28.2 Å². The van der Waals surface area contributed by atoms with Crippen LogP contribution in [-0.4, -0.2) is 39.5 Å². The van der Waals surface area contributed by atoms with E-state index in [0.717, 1.165) is 35.2 Å². The number of rotatable bonds is 5. The molecule has 0 radical (unpaired) electrons. The van der Waals surface area contributed by atoms with Gasteiger partial charge in [0.15, 0.2) is 11.6 Å². The van der Waals surface area contributed by atoms with Crippen LogP contribution >= 0.6 is 0 Å². The third kappa shape index (κ3) is 4.27. The van der Waals surface area contributed by atoms with Crippen molar-refractivity contribution in [2.24, 2.45) is 0 Å². The number of pyridine rings is 1. The fourth-order valence-corrected chi connectivity index (χ4v) is 4.82. The normalized spacial score (nSPS) is 14.3. The number of benzene rings is 3. The van der Waals surface area contributed by atoms with Crippen molar-refractivity contribution in [3.05, 3.63) is 83.7 Å². The van der Waals surface area contributed by atoms with Gasteiger partial charge in [-0.15, -0.1) is 0 Å². The predicted octanol–water partition coefficient (Wildman–Crippen LogP) is 6.44. The van der Waals surface area contributed by atoms with Gasteiger partial charge in [0.05, 0.1) is 23.0 Å². The molecule has 0 saturated carbocycles. The summed E-state index contributed by atoms with van der Waals surface area (Å²) in [6, 6.07) is 13.7. The van der Waals surface area contributed by atoms with E-state index in [2.05, 4.69) is 10.2 Å². The van der Waals surface area contributed by atoms with Crippen LogP contribution in [0.15, 0.2) is 60.8 Å². The molecular weight excluding hydrogens is 480 g/mol. The van der Waals surface area contributed by atoms with Crippen LogP contribution in [0.25, 0.3) is 32.8 Å². The van der Waals surface area contributed by atoms with Crippen molar-refractivity contribution in [2.45, 2.75) is 18.8 Å². The summed E-state index contributed by atoms with van der Waals surface area (Å²) in [4.78, 5) is 16.2. The number of aromatic carboxylic acids is 1. The minimum atomic E-state index is -1.03. The number of carboxylic acid groups (broad SMARTS) is 1. The third-order valence-electron chi connectivity index (χ3n) is 6.69. The van der Waals surface area contributed by atoms with Gasteiger partial charge in [-0.05, 0) is 72.3 Å². The van der Waals surface area contributed by atoms with Crippen LogP contribution in [-0.2, 0) is 4.74 Å². The largest absolute Gasteiger partial charge is 0.478 e. The number of aromatic amines is 1. The molecule has 1 aliphatic heterocycles. The molecule has 7 nitrogen and oxygen atoms in total. The molecule has 1 saturated heterocycles. The number of nitrogens with zero attached hydrogens (tertiary/aromatic N) is 2.